The van der Waals surface area contributed by atoms with Crippen molar-refractivity contribution < 1.29 is 14.7 Å². The number of amides is 1. The molecule has 1 aliphatic rings. The maximum absolute atomic E-state index is 12.3. The van der Waals surface area contributed by atoms with Crippen molar-refractivity contribution in [3.05, 3.63) is 29.6 Å². The van der Waals surface area contributed by atoms with Crippen molar-refractivity contribution in [1.82, 2.24) is 15.2 Å². The Labute approximate surface area is 105 Å². The summed E-state index contributed by atoms with van der Waals surface area (Å²) in [6.07, 6.45) is 1.61. The van der Waals surface area contributed by atoms with Crippen LogP contribution in [0.25, 0.3) is 0 Å². The second kappa shape index (κ2) is 5.14. The van der Waals surface area contributed by atoms with E-state index in [4.69, 9.17) is 5.11 Å². The van der Waals surface area contributed by atoms with Gasteiger partial charge in [0.05, 0.1) is 5.56 Å². The molecule has 1 unspecified atom stereocenters. The molecule has 18 heavy (non-hydrogen) atoms. The lowest BCUT2D eigenvalue weighted by Crippen LogP contribution is -2.57. The summed E-state index contributed by atoms with van der Waals surface area (Å²) in [6.45, 7) is 3.02. The first-order valence-corrected chi connectivity index (χ1v) is 5.77. The van der Waals surface area contributed by atoms with Gasteiger partial charge in [0, 0.05) is 31.5 Å². The Bertz CT molecular complexity index is 475. The van der Waals surface area contributed by atoms with Crippen LogP contribution in [0.2, 0.25) is 0 Å². The fourth-order valence-electron chi connectivity index (χ4n) is 2.03. The fourth-order valence-corrected chi connectivity index (χ4v) is 2.03. The zero-order chi connectivity index (χ0) is 13.1. The first-order valence-electron chi connectivity index (χ1n) is 5.77. The van der Waals surface area contributed by atoms with Gasteiger partial charge in [-0.2, -0.15) is 0 Å². The molecule has 2 rings (SSSR count). The number of carboxylic acid groups (broad SMARTS) is 1. The predicted octanol–water partition coefficient (Wildman–Crippen LogP) is -0.111. The molecular weight excluding hydrogens is 234 g/mol. The molecule has 1 amide bonds. The van der Waals surface area contributed by atoms with E-state index in [9.17, 15) is 9.59 Å². The van der Waals surface area contributed by atoms with Crippen LogP contribution in [0, 0.1) is 6.92 Å². The van der Waals surface area contributed by atoms with Crippen molar-refractivity contribution in [1.29, 1.82) is 0 Å². The second-order valence-corrected chi connectivity index (χ2v) is 4.19. The number of hydrogen-bond acceptors (Lipinski definition) is 4. The van der Waals surface area contributed by atoms with Gasteiger partial charge < -0.3 is 15.3 Å². The Morgan fingerprint density at radius 3 is 3.00 bits per heavy atom. The third-order valence-corrected chi connectivity index (χ3v) is 3.03. The van der Waals surface area contributed by atoms with Gasteiger partial charge in [0.2, 0.25) is 0 Å². The number of nitrogens with one attached hydrogen (secondary N) is 1. The molecule has 0 aromatic carbocycles. The maximum atomic E-state index is 12.3. The van der Waals surface area contributed by atoms with Crippen LogP contribution in [0.15, 0.2) is 18.3 Å². The van der Waals surface area contributed by atoms with Crippen LogP contribution >= 0.6 is 0 Å². The molecule has 2 N–H and O–H groups in total. The summed E-state index contributed by atoms with van der Waals surface area (Å²) in [7, 11) is 0. The SMILES string of the molecule is Cc1ncccc1C(=O)N1CCNCC1C(=O)O. The van der Waals surface area contributed by atoms with Crippen molar-refractivity contribution in [3.63, 3.8) is 0 Å². The number of aryl methyl sites for hydroxylation is 1. The van der Waals surface area contributed by atoms with Crippen molar-refractivity contribution in [2.24, 2.45) is 0 Å². The maximum Gasteiger partial charge on any atom is 0.327 e. The molecule has 2 heterocycles. The number of pyridine rings is 1. The van der Waals surface area contributed by atoms with Gasteiger partial charge in [0.1, 0.15) is 6.04 Å². The standard InChI is InChI=1S/C12H15N3O3/c1-8-9(3-2-4-14-8)11(16)15-6-5-13-7-10(15)12(17)18/h2-4,10,13H,5-7H2,1H3,(H,17,18). The highest BCUT2D eigenvalue weighted by Crippen LogP contribution is 2.12. The summed E-state index contributed by atoms with van der Waals surface area (Å²) in [5, 5.41) is 12.1. The summed E-state index contributed by atoms with van der Waals surface area (Å²) in [6, 6.07) is 2.54. The third-order valence-electron chi connectivity index (χ3n) is 3.03. The largest absolute Gasteiger partial charge is 0.480 e. The highest BCUT2D eigenvalue weighted by Gasteiger charge is 2.32. The number of aromatic nitrogens is 1. The number of aliphatic carboxylic acids is 1. The van der Waals surface area contributed by atoms with Crippen LogP contribution in [-0.4, -0.2) is 52.5 Å². The molecule has 0 saturated carbocycles. The van der Waals surface area contributed by atoms with E-state index >= 15 is 0 Å². The molecule has 1 saturated heterocycles. The molecule has 6 nitrogen and oxygen atoms in total. The first kappa shape index (κ1) is 12.5. The highest BCUT2D eigenvalue weighted by molar-refractivity contribution is 5.97. The van der Waals surface area contributed by atoms with Crippen molar-refractivity contribution in [2.45, 2.75) is 13.0 Å². The van der Waals surface area contributed by atoms with Crippen LogP contribution in [0.5, 0.6) is 0 Å². The van der Waals surface area contributed by atoms with E-state index < -0.39 is 12.0 Å². The molecule has 1 aliphatic heterocycles. The van der Waals surface area contributed by atoms with Gasteiger partial charge in [-0.15, -0.1) is 0 Å². The van der Waals surface area contributed by atoms with Crippen molar-refractivity contribution in [3.8, 4) is 0 Å². The molecule has 0 radical (unpaired) electrons. The molecule has 0 aliphatic carbocycles. The van der Waals surface area contributed by atoms with Gasteiger partial charge >= 0.3 is 5.97 Å². The topological polar surface area (TPSA) is 82.5 Å². The summed E-state index contributed by atoms with van der Waals surface area (Å²) in [4.78, 5) is 28.9. The number of hydrogen-bond donors (Lipinski definition) is 2. The molecule has 1 fully saturated rings. The smallest absolute Gasteiger partial charge is 0.327 e. The van der Waals surface area contributed by atoms with Gasteiger partial charge in [-0.25, -0.2) is 4.79 Å². The van der Waals surface area contributed by atoms with E-state index in [2.05, 4.69) is 10.3 Å². The lowest BCUT2D eigenvalue weighted by atomic mass is 10.1. The zero-order valence-electron chi connectivity index (χ0n) is 10.1. The van der Waals surface area contributed by atoms with E-state index in [0.29, 0.717) is 24.3 Å². The Morgan fingerprint density at radius 2 is 2.33 bits per heavy atom. The van der Waals surface area contributed by atoms with Gasteiger partial charge in [-0.3, -0.25) is 9.78 Å². The first-order chi connectivity index (χ1) is 8.61. The van der Waals surface area contributed by atoms with E-state index in [1.165, 1.54) is 4.90 Å². The average molecular weight is 249 g/mol. The second-order valence-electron chi connectivity index (χ2n) is 4.19. The van der Waals surface area contributed by atoms with Crippen molar-refractivity contribution >= 4 is 11.9 Å². The molecule has 1 atom stereocenters. The normalized spacial score (nSPS) is 19.6. The molecule has 1 aromatic heterocycles. The van der Waals surface area contributed by atoms with Crippen LogP contribution in [0.3, 0.4) is 0 Å². The number of carboxylic acids is 1. The minimum Gasteiger partial charge on any atom is -0.480 e. The number of rotatable bonds is 2. The summed E-state index contributed by atoms with van der Waals surface area (Å²) in [5.74, 6) is -1.26. The Kier molecular flexibility index (Phi) is 3.57. The molecular formula is C12H15N3O3. The van der Waals surface area contributed by atoms with Gasteiger partial charge in [0.15, 0.2) is 0 Å². The summed E-state index contributed by atoms with van der Waals surface area (Å²) in [5.41, 5.74) is 1.08. The van der Waals surface area contributed by atoms with Gasteiger partial charge in [0.25, 0.3) is 5.91 Å². The number of carbonyl (C=O) groups is 2. The van der Waals surface area contributed by atoms with E-state index in [-0.39, 0.29) is 12.5 Å². The lowest BCUT2D eigenvalue weighted by Gasteiger charge is -2.33. The highest BCUT2D eigenvalue weighted by atomic mass is 16.4. The Morgan fingerprint density at radius 1 is 1.56 bits per heavy atom. The molecule has 0 spiro atoms. The minimum absolute atomic E-state index is 0.269. The minimum atomic E-state index is -0.989. The van der Waals surface area contributed by atoms with E-state index in [1.54, 1.807) is 25.3 Å². The Hall–Kier alpha value is -1.95. The Balaban J connectivity index is 2.27. The summed E-state index contributed by atoms with van der Waals surface area (Å²) >= 11 is 0. The van der Waals surface area contributed by atoms with Crippen molar-refractivity contribution in [2.75, 3.05) is 19.6 Å². The average Bonchev–Trinajstić information content (AvgIpc) is 2.38. The number of nitrogens with zero attached hydrogens (tertiary/aromatic N) is 2. The lowest BCUT2D eigenvalue weighted by molar-refractivity contribution is -0.142. The zero-order valence-corrected chi connectivity index (χ0v) is 10.1. The summed E-state index contributed by atoms with van der Waals surface area (Å²) < 4.78 is 0. The molecule has 6 heteroatoms. The predicted molar refractivity (Wildman–Crippen MR) is 64.3 cm³/mol. The van der Waals surface area contributed by atoms with Crippen LogP contribution in [-0.2, 0) is 4.79 Å². The van der Waals surface area contributed by atoms with Gasteiger partial charge in [-0.05, 0) is 19.1 Å². The number of piperazine rings is 1. The third kappa shape index (κ3) is 2.33. The fraction of sp³-hybridized carbons (Fsp3) is 0.417. The number of carbonyl (C=O) groups excluding carboxylic acids is 1. The van der Waals surface area contributed by atoms with E-state index in [0.717, 1.165) is 0 Å². The van der Waals surface area contributed by atoms with E-state index in [1.807, 2.05) is 0 Å². The van der Waals surface area contributed by atoms with Crippen LogP contribution < -0.4 is 5.32 Å². The van der Waals surface area contributed by atoms with Crippen LogP contribution in [0.4, 0.5) is 0 Å². The quantitative estimate of drug-likeness (QED) is 0.764. The van der Waals surface area contributed by atoms with Gasteiger partial charge in [-0.1, -0.05) is 0 Å². The molecule has 1 aromatic rings. The van der Waals surface area contributed by atoms with Crippen LogP contribution in [0.1, 0.15) is 16.1 Å². The monoisotopic (exact) mass is 249 g/mol. The molecule has 0 bridgehead atoms. The molecule has 96 valence electrons.